The molecule has 1 amide bonds. The predicted octanol–water partition coefficient (Wildman–Crippen LogP) is 2.53. The number of ether oxygens (including phenoxy) is 1. The Morgan fingerprint density at radius 3 is 2.52 bits per heavy atom. The van der Waals surface area contributed by atoms with Crippen LogP contribution in [0.15, 0.2) is 48.7 Å². The number of amides is 1. The molecule has 3 aromatic rings. The topological polar surface area (TPSA) is 73.2 Å². The summed E-state index contributed by atoms with van der Waals surface area (Å²) in [6.45, 7) is 1.75. The van der Waals surface area contributed by atoms with E-state index in [1.807, 2.05) is 42.5 Å². The zero-order valence-corrected chi connectivity index (χ0v) is 14.3. The molecule has 2 aromatic carbocycles. The van der Waals surface area contributed by atoms with Gasteiger partial charge in [-0.1, -0.05) is 36.4 Å². The van der Waals surface area contributed by atoms with E-state index >= 15 is 0 Å². The van der Waals surface area contributed by atoms with Gasteiger partial charge in [0, 0.05) is 13.2 Å². The molecule has 1 atom stereocenters. The van der Waals surface area contributed by atoms with Gasteiger partial charge in [0.25, 0.3) is 5.91 Å². The van der Waals surface area contributed by atoms with Crippen molar-refractivity contribution >= 4 is 22.6 Å². The van der Waals surface area contributed by atoms with Crippen molar-refractivity contribution in [2.75, 3.05) is 7.11 Å². The minimum atomic E-state index is -0.887. The van der Waals surface area contributed by atoms with Gasteiger partial charge in [-0.2, -0.15) is 5.10 Å². The van der Waals surface area contributed by atoms with Gasteiger partial charge >= 0.3 is 5.97 Å². The van der Waals surface area contributed by atoms with Crippen molar-refractivity contribution in [3.8, 4) is 0 Å². The molecule has 0 aliphatic carbocycles. The molecule has 0 unspecified atom stereocenters. The van der Waals surface area contributed by atoms with E-state index in [-0.39, 0.29) is 5.91 Å². The van der Waals surface area contributed by atoms with Crippen LogP contribution in [0.1, 0.15) is 27.7 Å². The Bertz CT molecular complexity index is 946. The summed E-state index contributed by atoms with van der Waals surface area (Å²) in [5, 5.41) is 8.96. The number of benzene rings is 2. The minimum Gasteiger partial charge on any atom is -0.467 e. The maximum Gasteiger partial charge on any atom is 0.333 e. The van der Waals surface area contributed by atoms with Gasteiger partial charge in [0.05, 0.1) is 18.4 Å². The average molecular weight is 337 g/mol. The lowest BCUT2D eigenvalue weighted by Gasteiger charge is -2.17. The number of hydrogen-bond acceptors (Lipinski definition) is 4. The lowest BCUT2D eigenvalue weighted by atomic mass is 10.0. The second kappa shape index (κ2) is 6.76. The number of aryl methyl sites for hydroxylation is 2. The number of nitrogens with zero attached hydrogens (tertiary/aromatic N) is 2. The zero-order valence-electron chi connectivity index (χ0n) is 14.3. The molecule has 1 heterocycles. The fraction of sp³-hybridized carbons (Fsp3) is 0.211. The van der Waals surface area contributed by atoms with Gasteiger partial charge in [-0.15, -0.1) is 0 Å². The molecule has 25 heavy (non-hydrogen) atoms. The number of fused-ring (bicyclic) bond motifs is 1. The number of carbonyl (C=O) groups is 2. The van der Waals surface area contributed by atoms with Crippen LogP contribution < -0.4 is 5.32 Å². The molecule has 0 bridgehead atoms. The van der Waals surface area contributed by atoms with Crippen LogP contribution in [0.2, 0.25) is 0 Å². The average Bonchev–Trinajstić information content (AvgIpc) is 2.96. The van der Waals surface area contributed by atoms with E-state index in [1.54, 1.807) is 24.9 Å². The second-order valence-electron chi connectivity index (χ2n) is 5.84. The minimum absolute atomic E-state index is 0.367. The predicted molar refractivity (Wildman–Crippen MR) is 94.1 cm³/mol. The van der Waals surface area contributed by atoms with Gasteiger partial charge in [-0.3, -0.25) is 9.48 Å². The molecule has 0 aliphatic rings. The summed E-state index contributed by atoms with van der Waals surface area (Å²) in [6, 6.07) is 12.6. The highest BCUT2D eigenvalue weighted by atomic mass is 16.5. The maximum absolute atomic E-state index is 12.6. The number of aromatic nitrogens is 2. The number of methoxy groups -OCH3 is 1. The van der Waals surface area contributed by atoms with Gasteiger partial charge in [-0.25, -0.2) is 4.79 Å². The SMILES string of the molecule is COC(=O)[C@H](NC(=O)c1cn(C)nc1C)c1ccc2ccccc2c1. The van der Waals surface area contributed by atoms with Crippen LogP contribution in [-0.4, -0.2) is 28.8 Å². The lowest BCUT2D eigenvalue weighted by molar-refractivity contribution is -0.143. The molecule has 0 saturated carbocycles. The van der Waals surface area contributed by atoms with Crippen LogP contribution in [0.25, 0.3) is 10.8 Å². The van der Waals surface area contributed by atoms with Crippen LogP contribution in [0.5, 0.6) is 0 Å². The lowest BCUT2D eigenvalue weighted by Crippen LogP contribution is -2.34. The largest absolute Gasteiger partial charge is 0.467 e. The van der Waals surface area contributed by atoms with E-state index in [0.29, 0.717) is 16.8 Å². The Balaban J connectivity index is 1.95. The quantitative estimate of drug-likeness (QED) is 0.743. The first-order valence-electron chi connectivity index (χ1n) is 7.87. The first-order chi connectivity index (χ1) is 12.0. The van der Waals surface area contributed by atoms with Crippen LogP contribution >= 0.6 is 0 Å². The van der Waals surface area contributed by atoms with Gasteiger partial charge < -0.3 is 10.1 Å². The molecule has 0 radical (unpaired) electrons. The van der Waals surface area contributed by atoms with Crippen molar-refractivity contribution in [1.29, 1.82) is 0 Å². The van der Waals surface area contributed by atoms with Crippen molar-refractivity contribution in [2.24, 2.45) is 7.05 Å². The third-order valence-corrected chi connectivity index (χ3v) is 4.08. The van der Waals surface area contributed by atoms with Crippen LogP contribution in [0.4, 0.5) is 0 Å². The Kier molecular flexibility index (Phi) is 4.52. The third-order valence-electron chi connectivity index (χ3n) is 4.08. The summed E-state index contributed by atoms with van der Waals surface area (Å²) in [7, 11) is 3.04. The van der Waals surface area contributed by atoms with Crippen molar-refractivity contribution < 1.29 is 14.3 Å². The molecule has 128 valence electrons. The number of nitrogens with one attached hydrogen (secondary N) is 1. The highest BCUT2D eigenvalue weighted by Gasteiger charge is 2.25. The summed E-state index contributed by atoms with van der Waals surface area (Å²) >= 11 is 0. The molecule has 6 nitrogen and oxygen atoms in total. The first-order valence-corrected chi connectivity index (χ1v) is 7.87. The number of esters is 1. The standard InChI is InChI=1S/C19H19N3O3/c1-12-16(11-22(2)21-12)18(23)20-17(19(24)25-3)15-9-8-13-6-4-5-7-14(13)10-15/h4-11,17H,1-3H3,(H,20,23)/t17-/m1/s1. The zero-order chi connectivity index (χ0) is 18.0. The van der Waals surface area contributed by atoms with Crippen LogP contribution in [0, 0.1) is 6.92 Å². The summed E-state index contributed by atoms with van der Waals surface area (Å²) in [5.74, 6) is -0.890. The molecule has 6 heteroatoms. The summed E-state index contributed by atoms with van der Waals surface area (Å²) in [4.78, 5) is 24.8. The molecule has 1 N–H and O–H groups in total. The van der Waals surface area contributed by atoms with Crippen molar-refractivity contribution in [1.82, 2.24) is 15.1 Å². The Morgan fingerprint density at radius 2 is 1.88 bits per heavy atom. The molecule has 3 rings (SSSR count). The van der Waals surface area contributed by atoms with Crippen LogP contribution in [0.3, 0.4) is 0 Å². The van der Waals surface area contributed by atoms with Gasteiger partial charge in [-0.05, 0) is 29.3 Å². The number of carbonyl (C=O) groups excluding carboxylic acids is 2. The first kappa shape index (κ1) is 16.7. The summed E-state index contributed by atoms with van der Waals surface area (Å²) in [6.07, 6.45) is 1.62. The van der Waals surface area contributed by atoms with Gasteiger partial charge in [0.15, 0.2) is 6.04 Å². The van der Waals surface area contributed by atoms with E-state index in [9.17, 15) is 9.59 Å². The van der Waals surface area contributed by atoms with E-state index in [2.05, 4.69) is 10.4 Å². The Labute approximate surface area is 145 Å². The van der Waals surface area contributed by atoms with E-state index in [0.717, 1.165) is 10.8 Å². The van der Waals surface area contributed by atoms with Crippen molar-refractivity contribution in [3.05, 3.63) is 65.5 Å². The Hall–Kier alpha value is -3.15. The van der Waals surface area contributed by atoms with Crippen molar-refractivity contribution in [2.45, 2.75) is 13.0 Å². The molecular weight excluding hydrogens is 318 g/mol. The number of hydrogen-bond donors (Lipinski definition) is 1. The smallest absolute Gasteiger partial charge is 0.333 e. The normalized spacial score (nSPS) is 12.0. The molecule has 0 spiro atoms. The van der Waals surface area contributed by atoms with E-state index in [1.165, 1.54) is 7.11 Å². The molecule has 1 aromatic heterocycles. The molecule has 0 aliphatic heterocycles. The summed E-state index contributed by atoms with van der Waals surface area (Å²) < 4.78 is 6.44. The van der Waals surface area contributed by atoms with E-state index in [4.69, 9.17) is 4.74 Å². The molecule has 0 saturated heterocycles. The second-order valence-corrected chi connectivity index (χ2v) is 5.84. The monoisotopic (exact) mass is 337 g/mol. The maximum atomic E-state index is 12.6. The molecular formula is C19H19N3O3. The van der Waals surface area contributed by atoms with Crippen molar-refractivity contribution in [3.63, 3.8) is 0 Å². The van der Waals surface area contributed by atoms with Crippen LogP contribution in [-0.2, 0) is 16.6 Å². The number of rotatable bonds is 4. The Morgan fingerprint density at radius 1 is 1.16 bits per heavy atom. The van der Waals surface area contributed by atoms with E-state index < -0.39 is 12.0 Å². The van der Waals surface area contributed by atoms with Gasteiger partial charge in [0.2, 0.25) is 0 Å². The van der Waals surface area contributed by atoms with Gasteiger partial charge in [0.1, 0.15) is 0 Å². The fourth-order valence-electron chi connectivity index (χ4n) is 2.81. The highest BCUT2D eigenvalue weighted by molar-refractivity contribution is 5.98. The fourth-order valence-corrected chi connectivity index (χ4v) is 2.81. The summed E-state index contributed by atoms with van der Waals surface area (Å²) in [5.41, 5.74) is 1.69. The highest BCUT2D eigenvalue weighted by Crippen LogP contribution is 2.22. The molecule has 0 fully saturated rings. The third kappa shape index (κ3) is 3.38.